The summed E-state index contributed by atoms with van der Waals surface area (Å²) in [6.45, 7) is 0.107. The lowest BCUT2D eigenvalue weighted by atomic mass is 10.0. The molecule has 0 bridgehead atoms. The van der Waals surface area contributed by atoms with E-state index in [-0.39, 0.29) is 12.7 Å². The molecule has 13 heavy (non-hydrogen) atoms. The minimum Gasteiger partial charge on any atom is -0.488 e. The Morgan fingerprint density at radius 2 is 2.38 bits per heavy atom. The van der Waals surface area contributed by atoms with Crippen LogP contribution in [0.1, 0.15) is 12.0 Å². The largest absolute Gasteiger partial charge is 0.488 e. The van der Waals surface area contributed by atoms with Crippen LogP contribution in [-0.2, 0) is 6.42 Å². The minimum atomic E-state index is -0.0197. The van der Waals surface area contributed by atoms with Crippen LogP contribution in [0.15, 0.2) is 22.7 Å². The van der Waals surface area contributed by atoms with Crippen LogP contribution in [0.25, 0.3) is 0 Å². The predicted octanol–water partition coefficient (Wildman–Crippen LogP) is 2.13. The third-order valence-electron chi connectivity index (χ3n) is 2.26. The Balaban J connectivity index is 2.26. The van der Waals surface area contributed by atoms with Crippen molar-refractivity contribution in [3.8, 4) is 5.75 Å². The first-order chi connectivity index (χ1) is 6.29. The van der Waals surface area contributed by atoms with Crippen molar-refractivity contribution in [1.82, 2.24) is 0 Å². The van der Waals surface area contributed by atoms with Crippen LogP contribution in [0.3, 0.4) is 0 Å². The molecule has 1 heterocycles. The molecule has 0 amide bonds. The van der Waals surface area contributed by atoms with Crippen LogP contribution in [0.4, 0.5) is 0 Å². The molecule has 1 aliphatic heterocycles. The van der Waals surface area contributed by atoms with Gasteiger partial charge in [-0.1, -0.05) is 15.9 Å². The fourth-order valence-corrected chi connectivity index (χ4v) is 1.95. The summed E-state index contributed by atoms with van der Waals surface area (Å²) in [5.74, 6) is 0.911. The number of hydrogen-bond donors (Lipinski definition) is 1. The molecule has 1 aromatic rings. The average Bonchev–Trinajstić information content (AvgIpc) is 2.17. The van der Waals surface area contributed by atoms with E-state index in [4.69, 9.17) is 9.84 Å². The first-order valence-corrected chi connectivity index (χ1v) is 5.15. The van der Waals surface area contributed by atoms with Crippen molar-refractivity contribution in [2.24, 2.45) is 0 Å². The van der Waals surface area contributed by atoms with Crippen molar-refractivity contribution in [2.45, 2.75) is 18.9 Å². The van der Waals surface area contributed by atoms with Gasteiger partial charge in [-0.3, -0.25) is 0 Å². The lowest BCUT2D eigenvalue weighted by Crippen LogP contribution is -2.25. The molecule has 0 unspecified atom stereocenters. The molecule has 0 fully saturated rings. The van der Waals surface area contributed by atoms with Gasteiger partial charge in [0.25, 0.3) is 0 Å². The zero-order valence-corrected chi connectivity index (χ0v) is 8.75. The molecule has 1 N–H and O–H groups in total. The Kier molecular flexibility index (Phi) is 2.56. The quantitative estimate of drug-likeness (QED) is 0.818. The highest BCUT2D eigenvalue weighted by atomic mass is 79.9. The third kappa shape index (κ3) is 1.86. The number of rotatable bonds is 1. The average molecular weight is 243 g/mol. The first-order valence-electron chi connectivity index (χ1n) is 4.35. The van der Waals surface area contributed by atoms with Gasteiger partial charge in [0.1, 0.15) is 11.9 Å². The summed E-state index contributed by atoms with van der Waals surface area (Å²) in [5, 5.41) is 8.94. The summed E-state index contributed by atoms with van der Waals surface area (Å²) >= 11 is 3.42. The lowest BCUT2D eigenvalue weighted by Gasteiger charge is -2.24. The number of fused-ring (bicyclic) bond motifs is 1. The summed E-state index contributed by atoms with van der Waals surface area (Å²) in [5.41, 5.74) is 1.22. The van der Waals surface area contributed by atoms with Gasteiger partial charge in [0.05, 0.1) is 6.61 Å². The normalized spacial score (nSPS) is 20.6. The number of hydrogen-bond acceptors (Lipinski definition) is 2. The van der Waals surface area contributed by atoms with Crippen LogP contribution in [0.2, 0.25) is 0 Å². The van der Waals surface area contributed by atoms with Crippen LogP contribution < -0.4 is 4.74 Å². The second-order valence-electron chi connectivity index (χ2n) is 3.21. The Morgan fingerprint density at radius 1 is 1.54 bits per heavy atom. The topological polar surface area (TPSA) is 29.5 Å². The number of aryl methyl sites for hydroxylation is 1. The molecule has 0 radical (unpaired) electrons. The molecule has 0 aromatic heterocycles. The summed E-state index contributed by atoms with van der Waals surface area (Å²) in [6, 6.07) is 5.97. The molecular formula is C10H11BrO2. The molecular weight excluding hydrogens is 232 g/mol. The van der Waals surface area contributed by atoms with Crippen molar-refractivity contribution in [3.63, 3.8) is 0 Å². The SMILES string of the molecule is OC[C@H]1CCc2cc(Br)ccc2O1. The van der Waals surface area contributed by atoms with Gasteiger partial charge in [0, 0.05) is 4.47 Å². The van der Waals surface area contributed by atoms with E-state index >= 15 is 0 Å². The van der Waals surface area contributed by atoms with Crippen LogP contribution in [0.5, 0.6) is 5.75 Å². The maximum atomic E-state index is 8.94. The number of ether oxygens (including phenoxy) is 1. The van der Waals surface area contributed by atoms with E-state index in [0.717, 1.165) is 23.1 Å². The second kappa shape index (κ2) is 3.68. The molecule has 0 saturated heterocycles. The van der Waals surface area contributed by atoms with Crippen molar-refractivity contribution in [1.29, 1.82) is 0 Å². The highest BCUT2D eigenvalue weighted by Crippen LogP contribution is 2.29. The van der Waals surface area contributed by atoms with E-state index in [1.807, 2.05) is 12.1 Å². The second-order valence-corrected chi connectivity index (χ2v) is 4.13. The van der Waals surface area contributed by atoms with Gasteiger partial charge in [-0.15, -0.1) is 0 Å². The van der Waals surface area contributed by atoms with Crippen molar-refractivity contribution in [2.75, 3.05) is 6.61 Å². The van der Waals surface area contributed by atoms with Gasteiger partial charge in [-0.05, 0) is 36.6 Å². The van der Waals surface area contributed by atoms with Gasteiger partial charge in [0.15, 0.2) is 0 Å². The zero-order chi connectivity index (χ0) is 9.26. The van der Waals surface area contributed by atoms with Gasteiger partial charge in [-0.2, -0.15) is 0 Å². The first kappa shape index (κ1) is 9.03. The molecule has 3 heteroatoms. The summed E-state index contributed by atoms with van der Waals surface area (Å²) < 4.78 is 6.65. The molecule has 0 saturated carbocycles. The van der Waals surface area contributed by atoms with E-state index in [2.05, 4.69) is 22.0 Å². The Labute approximate surface area is 85.7 Å². The Bertz CT molecular complexity index is 312. The number of aliphatic hydroxyl groups is 1. The fourth-order valence-electron chi connectivity index (χ4n) is 1.54. The van der Waals surface area contributed by atoms with E-state index in [1.54, 1.807) is 0 Å². The third-order valence-corrected chi connectivity index (χ3v) is 2.75. The maximum Gasteiger partial charge on any atom is 0.123 e. The van der Waals surface area contributed by atoms with Crippen molar-refractivity contribution < 1.29 is 9.84 Å². The highest BCUT2D eigenvalue weighted by molar-refractivity contribution is 9.10. The summed E-state index contributed by atoms with van der Waals surface area (Å²) in [6.07, 6.45) is 1.87. The molecule has 70 valence electrons. The van der Waals surface area contributed by atoms with E-state index in [1.165, 1.54) is 5.56 Å². The zero-order valence-electron chi connectivity index (χ0n) is 7.16. The monoisotopic (exact) mass is 242 g/mol. The van der Waals surface area contributed by atoms with Crippen molar-refractivity contribution >= 4 is 15.9 Å². The Hall–Kier alpha value is -0.540. The standard InChI is InChI=1S/C10H11BrO2/c11-8-2-4-10-7(5-8)1-3-9(6-12)13-10/h2,4-5,9,12H,1,3,6H2/t9-/m1/s1. The molecule has 1 atom stereocenters. The highest BCUT2D eigenvalue weighted by Gasteiger charge is 2.18. The van der Waals surface area contributed by atoms with Crippen LogP contribution >= 0.6 is 15.9 Å². The summed E-state index contributed by atoms with van der Waals surface area (Å²) in [7, 11) is 0. The van der Waals surface area contributed by atoms with Gasteiger partial charge >= 0.3 is 0 Å². The number of benzene rings is 1. The minimum absolute atomic E-state index is 0.0197. The molecule has 2 rings (SSSR count). The van der Waals surface area contributed by atoms with Gasteiger partial charge < -0.3 is 9.84 Å². The van der Waals surface area contributed by atoms with Gasteiger partial charge in [-0.25, -0.2) is 0 Å². The fraction of sp³-hybridized carbons (Fsp3) is 0.400. The van der Waals surface area contributed by atoms with E-state index in [9.17, 15) is 0 Å². The molecule has 0 spiro atoms. The number of halogens is 1. The van der Waals surface area contributed by atoms with E-state index in [0.29, 0.717) is 0 Å². The summed E-state index contributed by atoms with van der Waals surface area (Å²) in [4.78, 5) is 0. The smallest absolute Gasteiger partial charge is 0.123 e. The van der Waals surface area contributed by atoms with E-state index < -0.39 is 0 Å². The van der Waals surface area contributed by atoms with Gasteiger partial charge in [0.2, 0.25) is 0 Å². The Morgan fingerprint density at radius 3 is 3.15 bits per heavy atom. The van der Waals surface area contributed by atoms with Crippen LogP contribution in [-0.4, -0.2) is 17.8 Å². The van der Waals surface area contributed by atoms with Crippen molar-refractivity contribution in [3.05, 3.63) is 28.2 Å². The molecule has 2 nitrogen and oxygen atoms in total. The number of aliphatic hydroxyl groups excluding tert-OH is 1. The van der Waals surface area contributed by atoms with Crippen LogP contribution in [0, 0.1) is 0 Å². The lowest BCUT2D eigenvalue weighted by molar-refractivity contribution is 0.0978. The molecule has 0 aliphatic carbocycles. The molecule has 1 aliphatic rings. The maximum absolute atomic E-state index is 8.94. The molecule has 1 aromatic carbocycles. The predicted molar refractivity (Wildman–Crippen MR) is 54.0 cm³/mol.